The lowest BCUT2D eigenvalue weighted by molar-refractivity contribution is -0.108. The van der Waals surface area contributed by atoms with Gasteiger partial charge in [0.15, 0.2) is 5.65 Å². The molecule has 11 nitrogen and oxygen atoms in total. The summed E-state index contributed by atoms with van der Waals surface area (Å²) in [7, 11) is 3.17. The Morgan fingerprint density at radius 1 is 0.878 bits per heavy atom. The Bertz CT molecular complexity index is 1750. The number of benzene rings is 2. The zero-order valence-corrected chi connectivity index (χ0v) is 22.9. The Balaban J connectivity index is 1.40. The first-order chi connectivity index (χ1) is 20.2. The highest BCUT2D eigenvalue weighted by atomic mass is 16.7. The summed E-state index contributed by atoms with van der Waals surface area (Å²) in [5.41, 5.74) is 7.50. The maximum absolute atomic E-state index is 5.95. The monoisotopic (exact) mass is 548 g/mol. The zero-order chi connectivity index (χ0) is 28.2. The van der Waals surface area contributed by atoms with E-state index in [2.05, 4.69) is 49.9 Å². The van der Waals surface area contributed by atoms with Crippen LogP contribution >= 0.6 is 0 Å². The van der Waals surface area contributed by atoms with Crippen LogP contribution in [0.4, 0.5) is 0 Å². The fourth-order valence-electron chi connectivity index (χ4n) is 4.83. The molecule has 0 atom stereocenters. The van der Waals surface area contributed by atoms with Gasteiger partial charge in [-0.25, -0.2) is 4.98 Å². The van der Waals surface area contributed by atoms with Gasteiger partial charge in [-0.05, 0) is 47.0 Å². The standard InChI is InChI=1S/C30H28N8O3/c1-4-41-30-32-25-17-23(24-11-7-8-16-31-24)26(29(39-2)40-3)33-28(25)38(30)18-19-12-14-20(15-13-19)21-9-5-6-10-22(21)27-34-36-37-35-27/h5-17,29H,4,18H2,1-3H3,(H,34,35,36,37). The SMILES string of the molecule is CCOc1nc2cc(-c3ccccn3)c(C(OC)OC)nc2n1Cc1ccc(-c2ccccc2-c2nn[nH]n2)cc1. The van der Waals surface area contributed by atoms with E-state index in [9.17, 15) is 0 Å². The van der Waals surface area contributed by atoms with E-state index in [4.69, 9.17) is 24.2 Å². The number of aromatic nitrogens is 8. The number of nitrogens with zero attached hydrogens (tertiary/aromatic N) is 7. The quantitative estimate of drug-likeness (QED) is 0.233. The number of H-pyrrole nitrogens is 1. The van der Waals surface area contributed by atoms with Crippen molar-refractivity contribution < 1.29 is 14.2 Å². The van der Waals surface area contributed by atoms with Gasteiger partial charge in [0.05, 0.1) is 18.8 Å². The molecule has 41 heavy (non-hydrogen) atoms. The van der Waals surface area contributed by atoms with Crippen LogP contribution in [-0.4, -0.2) is 61.0 Å². The molecule has 0 bridgehead atoms. The van der Waals surface area contributed by atoms with Gasteiger partial charge < -0.3 is 14.2 Å². The molecule has 0 saturated heterocycles. The number of pyridine rings is 2. The van der Waals surface area contributed by atoms with Gasteiger partial charge in [-0.1, -0.05) is 54.6 Å². The predicted molar refractivity (Wildman–Crippen MR) is 153 cm³/mol. The van der Waals surface area contributed by atoms with Gasteiger partial charge in [0.1, 0.15) is 11.2 Å². The fraction of sp³-hybridized carbons (Fsp3) is 0.200. The van der Waals surface area contributed by atoms with Gasteiger partial charge >= 0.3 is 0 Å². The molecule has 0 unspecified atom stereocenters. The molecular formula is C30H28N8O3. The smallest absolute Gasteiger partial charge is 0.298 e. The molecule has 206 valence electrons. The van der Waals surface area contributed by atoms with E-state index in [1.807, 2.05) is 60.0 Å². The molecule has 2 aromatic carbocycles. The number of ether oxygens (including phenoxy) is 3. The van der Waals surface area contributed by atoms with E-state index in [0.29, 0.717) is 41.8 Å². The molecule has 1 N–H and O–H groups in total. The van der Waals surface area contributed by atoms with Crippen LogP contribution in [0.2, 0.25) is 0 Å². The summed E-state index contributed by atoms with van der Waals surface area (Å²) in [5, 5.41) is 14.5. The van der Waals surface area contributed by atoms with Crippen LogP contribution in [0.15, 0.2) is 79.0 Å². The summed E-state index contributed by atoms with van der Waals surface area (Å²) in [6.45, 7) is 2.90. The lowest BCUT2D eigenvalue weighted by Crippen LogP contribution is -2.11. The molecule has 0 aliphatic rings. The van der Waals surface area contributed by atoms with E-state index in [-0.39, 0.29) is 0 Å². The average Bonchev–Trinajstić information content (AvgIpc) is 3.67. The van der Waals surface area contributed by atoms with Crippen molar-refractivity contribution in [2.75, 3.05) is 20.8 Å². The zero-order valence-electron chi connectivity index (χ0n) is 22.9. The Kier molecular flexibility index (Phi) is 7.44. The second-order valence-corrected chi connectivity index (χ2v) is 9.17. The molecule has 6 rings (SSSR count). The normalized spacial score (nSPS) is 11.4. The first kappa shape index (κ1) is 26.2. The van der Waals surface area contributed by atoms with E-state index in [0.717, 1.165) is 33.5 Å². The third-order valence-corrected chi connectivity index (χ3v) is 6.70. The van der Waals surface area contributed by atoms with Crippen molar-refractivity contribution in [2.45, 2.75) is 19.8 Å². The first-order valence-corrected chi connectivity index (χ1v) is 13.1. The molecule has 4 aromatic heterocycles. The highest BCUT2D eigenvalue weighted by molar-refractivity contribution is 5.81. The number of aromatic amines is 1. The molecule has 0 aliphatic carbocycles. The maximum Gasteiger partial charge on any atom is 0.298 e. The van der Waals surface area contributed by atoms with Crippen LogP contribution < -0.4 is 4.74 Å². The Morgan fingerprint density at radius 3 is 2.34 bits per heavy atom. The minimum atomic E-state index is -0.686. The van der Waals surface area contributed by atoms with E-state index >= 15 is 0 Å². The largest absolute Gasteiger partial charge is 0.465 e. The summed E-state index contributed by atoms with van der Waals surface area (Å²) < 4.78 is 19.1. The van der Waals surface area contributed by atoms with Crippen LogP contribution in [0.1, 0.15) is 24.5 Å². The number of hydrogen-bond acceptors (Lipinski definition) is 9. The van der Waals surface area contributed by atoms with Crippen molar-refractivity contribution in [3.05, 3.63) is 90.3 Å². The van der Waals surface area contributed by atoms with Gasteiger partial charge in [-0.15, -0.1) is 10.2 Å². The highest BCUT2D eigenvalue weighted by Gasteiger charge is 2.23. The molecule has 4 heterocycles. The molecule has 11 heteroatoms. The third-order valence-electron chi connectivity index (χ3n) is 6.70. The molecule has 0 amide bonds. The van der Waals surface area contributed by atoms with Gasteiger partial charge in [-0.3, -0.25) is 9.55 Å². The fourth-order valence-corrected chi connectivity index (χ4v) is 4.83. The second-order valence-electron chi connectivity index (χ2n) is 9.17. The van der Waals surface area contributed by atoms with Crippen molar-refractivity contribution in [2.24, 2.45) is 0 Å². The number of imidazole rings is 1. The number of rotatable bonds is 10. The van der Waals surface area contributed by atoms with Gasteiger partial charge in [0, 0.05) is 31.5 Å². The molecule has 0 aliphatic heterocycles. The van der Waals surface area contributed by atoms with Crippen molar-refractivity contribution in [1.29, 1.82) is 0 Å². The van der Waals surface area contributed by atoms with E-state index < -0.39 is 6.29 Å². The number of tetrazole rings is 1. The summed E-state index contributed by atoms with van der Waals surface area (Å²) in [5.74, 6) is 0.549. The molecule has 0 saturated carbocycles. The summed E-state index contributed by atoms with van der Waals surface area (Å²) >= 11 is 0. The van der Waals surface area contributed by atoms with Gasteiger partial charge in [-0.2, -0.15) is 10.2 Å². The minimum absolute atomic E-state index is 0.466. The van der Waals surface area contributed by atoms with Gasteiger partial charge in [0.2, 0.25) is 12.1 Å². The van der Waals surface area contributed by atoms with Crippen molar-refractivity contribution >= 4 is 11.2 Å². The van der Waals surface area contributed by atoms with E-state index in [1.165, 1.54) is 0 Å². The van der Waals surface area contributed by atoms with Gasteiger partial charge in [0.25, 0.3) is 6.01 Å². The minimum Gasteiger partial charge on any atom is -0.465 e. The third kappa shape index (κ3) is 5.15. The Hall–Kier alpha value is -5.00. The number of nitrogens with one attached hydrogen (secondary N) is 1. The summed E-state index contributed by atoms with van der Waals surface area (Å²) in [6.07, 6.45) is 1.06. The highest BCUT2D eigenvalue weighted by Crippen LogP contribution is 2.34. The van der Waals surface area contributed by atoms with Crippen LogP contribution in [-0.2, 0) is 16.0 Å². The number of fused-ring (bicyclic) bond motifs is 1. The second kappa shape index (κ2) is 11.6. The van der Waals surface area contributed by atoms with Crippen LogP contribution in [0.25, 0.3) is 44.9 Å². The van der Waals surface area contributed by atoms with Crippen LogP contribution in [0.3, 0.4) is 0 Å². The van der Waals surface area contributed by atoms with Crippen molar-refractivity contribution in [1.82, 2.24) is 40.1 Å². The Morgan fingerprint density at radius 2 is 1.66 bits per heavy atom. The predicted octanol–water partition coefficient (Wildman–Crippen LogP) is 5.08. The molecule has 0 fully saturated rings. The molecule has 0 radical (unpaired) electrons. The van der Waals surface area contributed by atoms with Crippen LogP contribution in [0.5, 0.6) is 6.01 Å². The average molecular weight is 549 g/mol. The van der Waals surface area contributed by atoms with E-state index in [1.54, 1.807) is 20.4 Å². The van der Waals surface area contributed by atoms with Crippen molar-refractivity contribution in [3.8, 4) is 39.8 Å². The maximum atomic E-state index is 5.95. The van der Waals surface area contributed by atoms with Crippen LogP contribution in [0, 0.1) is 0 Å². The molecule has 6 aromatic rings. The number of methoxy groups -OCH3 is 2. The first-order valence-electron chi connectivity index (χ1n) is 13.1. The van der Waals surface area contributed by atoms with Crippen molar-refractivity contribution in [3.63, 3.8) is 0 Å². The molecular weight excluding hydrogens is 520 g/mol. The molecule has 0 spiro atoms. The topological polar surface area (TPSA) is 126 Å². The summed E-state index contributed by atoms with van der Waals surface area (Å²) in [4.78, 5) is 14.3. The lowest BCUT2D eigenvalue weighted by atomic mass is 9.98. The summed E-state index contributed by atoms with van der Waals surface area (Å²) in [6, 6.07) is 24.5. The number of hydrogen-bond donors (Lipinski definition) is 1. The Labute approximate surface area is 236 Å². The lowest BCUT2D eigenvalue weighted by Gasteiger charge is -2.17.